The molecule has 18 heavy (non-hydrogen) atoms. The minimum absolute atomic E-state index is 0.168. The minimum atomic E-state index is -0.651. The van der Waals surface area contributed by atoms with Crippen molar-refractivity contribution >= 4 is 5.97 Å². The highest BCUT2D eigenvalue weighted by atomic mass is 16.4. The van der Waals surface area contributed by atoms with E-state index in [0.29, 0.717) is 12.0 Å². The highest BCUT2D eigenvalue weighted by Crippen LogP contribution is 2.24. The molecule has 106 valence electrons. The zero-order valence-electron chi connectivity index (χ0n) is 11.4. The van der Waals surface area contributed by atoms with Crippen LogP contribution >= 0.6 is 0 Å². The van der Waals surface area contributed by atoms with Crippen LogP contribution < -0.4 is 5.32 Å². The Kier molecular flexibility index (Phi) is 7.28. The molecule has 0 aromatic carbocycles. The van der Waals surface area contributed by atoms with Crippen molar-refractivity contribution in [2.75, 3.05) is 13.2 Å². The third-order valence-corrected chi connectivity index (χ3v) is 3.95. The molecule has 4 heteroatoms. The maximum Gasteiger partial charge on any atom is 0.306 e. The van der Waals surface area contributed by atoms with Crippen LogP contribution in [0.3, 0.4) is 0 Å². The van der Waals surface area contributed by atoms with Gasteiger partial charge in [0.2, 0.25) is 0 Å². The van der Waals surface area contributed by atoms with E-state index >= 15 is 0 Å². The summed E-state index contributed by atoms with van der Waals surface area (Å²) in [5.74, 6) is -0.300. The summed E-state index contributed by atoms with van der Waals surface area (Å²) in [5.41, 5.74) is 0. The first-order valence-corrected chi connectivity index (χ1v) is 7.24. The summed E-state index contributed by atoms with van der Waals surface area (Å²) < 4.78 is 0. The summed E-state index contributed by atoms with van der Waals surface area (Å²) in [6, 6.07) is 0.345. The maximum absolute atomic E-state index is 11.0. The molecule has 0 saturated heterocycles. The van der Waals surface area contributed by atoms with Gasteiger partial charge in [-0.25, -0.2) is 0 Å². The van der Waals surface area contributed by atoms with Gasteiger partial charge in [0, 0.05) is 12.6 Å². The van der Waals surface area contributed by atoms with Crippen molar-refractivity contribution in [1.29, 1.82) is 0 Å². The predicted octanol–water partition coefficient (Wildman–Crippen LogP) is 2.02. The van der Waals surface area contributed by atoms with Crippen LogP contribution in [0.15, 0.2) is 0 Å². The molecule has 3 unspecified atom stereocenters. The van der Waals surface area contributed by atoms with Crippen molar-refractivity contribution in [2.24, 2.45) is 11.8 Å². The number of carbonyl (C=O) groups is 1. The van der Waals surface area contributed by atoms with E-state index in [4.69, 9.17) is 10.2 Å². The number of carboxylic acids is 1. The van der Waals surface area contributed by atoms with Crippen LogP contribution in [0.4, 0.5) is 0 Å². The van der Waals surface area contributed by atoms with Crippen molar-refractivity contribution in [3.05, 3.63) is 0 Å². The van der Waals surface area contributed by atoms with Gasteiger partial charge in [-0.2, -0.15) is 0 Å². The van der Waals surface area contributed by atoms with Crippen LogP contribution in [0, 0.1) is 11.8 Å². The molecule has 0 spiro atoms. The molecule has 0 heterocycles. The third-order valence-electron chi connectivity index (χ3n) is 3.95. The molecule has 3 N–H and O–H groups in total. The van der Waals surface area contributed by atoms with E-state index in [1.165, 1.54) is 0 Å². The molecule has 1 aliphatic carbocycles. The molecule has 1 saturated carbocycles. The summed E-state index contributed by atoms with van der Waals surface area (Å²) in [5, 5.41) is 21.6. The Morgan fingerprint density at radius 1 is 1.39 bits per heavy atom. The zero-order chi connectivity index (χ0) is 13.4. The van der Waals surface area contributed by atoms with E-state index in [-0.39, 0.29) is 12.5 Å². The molecule has 0 bridgehead atoms. The van der Waals surface area contributed by atoms with E-state index in [1.54, 1.807) is 0 Å². The molecule has 4 nitrogen and oxygen atoms in total. The van der Waals surface area contributed by atoms with Gasteiger partial charge in [-0.1, -0.05) is 19.8 Å². The van der Waals surface area contributed by atoms with Crippen molar-refractivity contribution in [1.82, 2.24) is 5.32 Å². The first-order chi connectivity index (χ1) is 8.67. The number of hydrogen-bond acceptors (Lipinski definition) is 3. The number of hydrogen-bond donors (Lipinski definition) is 3. The molecular weight excluding hydrogens is 230 g/mol. The molecule has 0 aromatic rings. The second-order valence-electron chi connectivity index (χ2n) is 5.47. The molecular formula is C14H27NO3. The Morgan fingerprint density at radius 2 is 2.17 bits per heavy atom. The highest BCUT2D eigenvalue weighted by Gasteiger charge is 2.26. The average molecular weight is 257 g/mol. The normalized spacial score (nSPS) is 25.9. The maximum atomic E-state index is 11.0. The van der Waals surface area contributed by atoms with E-state index < -0.39 is 5.97 Å². The molecule has 0 aromatic heterocycles. The molecule has 1 rings (SSSR count). The second kappa shape index (κ2) is 8.48. The lowest BCUT2D eigenvalue weighted by molar-refractivity contribution is -0.143. The van der Waals surface area contributed by atoms with Gasteiger partial charge < -0.3 is 15.5 Å². The van der Waals surface area contributed by atoms with Gasteiger partial charge >= 0.3 is 5.97 Å². The number of aliphatic hydroxyl groups is 1. The van der Waals surface area contributed by atoms with Gasteiger partial charge in [-0.15, -0.1) is 0 Å². The lowest BCUT2D eigenvalue weighted by Gasteiger charge is -2.29. The van der Waals surface area contributed by atoms with Crippen molar-refractivity contribution in [3.8, 4) is 0 Å². The first-order valence-electron chi connectivity index (χ1n) is 7.24. The van der Waals surface area contributed by atoms with E-state index in [0.717, 1.165) is 51.5 Å². The van der Waals surface area contributed by atoms with Gasteiger partial charge in [0.1, 0.15) is 0 Å². The van der Waals surface area contributed by atoms with Crippen LogP contribution in [0.1, 0.15) is 51.9 Å². The number of rotatable bonds is 8. The Bertz CT molecular complexity index is 239. The van der Waals surface area contributed by atoms with Crippen LogP contribution in [-0.4, -0.2) is 35.4 Å². The topological polar surface area (TPSA) is 69.6 Å². The summed E-state index contributed by atoms with van der Waals surface area (Å²) in [7, 11) is 0. The third kappa shape index (κ3) is 5.36. The highest BCUT2D eigenvalue weighted by molar-refractivity contribution is 5.70. The van der Waals surface area contributed by atoms with Gasteiger partial charge in [0.15, 0.2) is 0 Å². The lowest BCUT2D eigenvalue weighted by atomic mass is 9.85. The van der Waals surface area contributed by atoms with E-state index in [1.807, 2.05) is 0 Å². The van der Waals surface area contributed by atoms with E-state index in [2.05, 4.69) is 12.2 Å². The van der Waals surface area contributed by atoms with Gasteiger partial charge in [-0.3, -0.25) is 4.79 Å². The second-order valence-corrected chi connectivity index (χ2v) is 5.47. The van der Waals surface area contributed by atoms with Crippen LogP contribution in [0.2, 0.25) is 0 Å². The quantitative estimate of drug-likeness (QED) is 0.622. The Hall–Kier alpha value is -0.610. The smallest absolute Gasteiger partial charge is 0.306 e. The Labute approximate surface area is 110 Å². The van der Waals surface area contributed by atoms with Crippen molar-refractivity contribution in [3.63, 3.8) is 0 Å². The molecule has 0 aliphatic heterocycles. The molecule has 0 radical (unpaired) electrons. The fraction of sp³-hybridized carbons (Fsp3) is 0.929. The van der Waals surface area contributed by atoms with Crippen molar-refractivity contribution < 1.29 is 15.0 Å². The number of aliphatic hydroxyl groups excluding tert-OH is 1. The van der Waals surface area contributed by atoms with Crippen LogP contribution in [0.25, 0.3) is 0 Å². The fourth-order valence-electron chi connectivity index (χ4n) is 2.87. The predicted molar refractivity (Wildman–Crippen MR) is 71.5 cm³/mol. The number of aliphatic carboxylic acids is 1. The van der Waals surface area contributed by atoms with Gasteiger partial charge in [0.25, 0.3) is 0 Å². The van der Waals surface area contributed by atoms with Crippen molar-refractivity contribution in [2.45, 2.75) is 57.9 Å². The standard InChI is InChI=1S/C14H27NO3/c1-2-4-11(7-8-16)10-15-13-6-3-5-12(9-13)14(17)18/h11-13,15-16H,2-10H2,1H3,(H,17,18). The summed E-state index contributed by atoms with van der Waals surface area (Å²) in [4.78, 5) is 11.0. The number of nitrogens with one attached hydrogen (secondary N) is 1. The SMILES string of the molecule is CCCC(CCO)CNC1CCCC(C(=O)O)C1. The largest absolute Gasteiger partial charge is 0.481 e. The monoisotopic (exact) mass is 257 g/mol. The van der Waals surface area contributed by atoms with Crippen LogP contribution in [0.5, 0.6) is 0 Å². The Morgan fingerprint density at radius 3 is 2.78 bits per heavy atom. The summed E-state index contributed by atoms with van der Waals surface area (Å²) in [6.45, 7) is 3.31. The minimum Gasteiger partial charge on any atom is -0.481 e. The van der Waals surface area contributed by atoms with Gasteiger partial charge in [0.05, 0.1) is 5.92 Å². The molecule has 3 atom stereocenters. The molecule has 1 aliphatic rings. The molecule has 1 fully saturated rings. The first kappa shape index (κ1) is 15.4. The average Bonchev–Trinajstić information content (AvgIpc) is 2.37. The molecule has 0 amide bonds. The number of carboxylic acid groups (broad SMARTS) is 1. The summed E-state index contributed by atoms with van der Waals surface area (Å²) in [6.07, 6.45) is 6.78. The lowest BCUT2D eigenvalue weighted by Crippen LogP contribution is -2.39. The van der Waals surface area contributed by atoms with E-state index in [9.17, 15) is 4.79 Å². The fourth-order valence-corrected chi connectivity index (χ4v) is 2.87. The summed E-state index contributed by atoms with van der Waals surface area (Å²) >= 11 is 0. The van der Waals surface area contributed by atoms with Gasteiger partial charge in [-0.05, 0) is 44.6 Å². The zero-order valence-corrected chi connectivity index (χ0v) is 11.4. The van der Waals surface area contributed by atoms with Crippen LogP contribution in [-0.2, 0) is 4.79 Å². The Balaban J connectivity index is 2.30.